The number of hydrogen-bond acceptors (Lipinski definition) is 4. The highest BCUT2D eigenvalue weighted by atomic mass is 16.2. The van der Waals surface area contributed by atoms with Crippen molar-refractivity contribution in [2.75, 3.05) is 25.9 Å². The van der Waals surface area contributed by atoms with Crippen LogP contribution in [0.4, 0.5) is 5.82 Å². The Labute approximate surface area is 184 Å². The highest BCUT2D eigenvalue weighted by Gasteiger charge is 2.13. The molecular weight excluding hydrogens is 386 g/mol. The van der Waals surface area contributed by atoms with Crippen LogP contribution in [-0.2, 0) is 24.9 Å². The van der Waals surface area contributed by atoms with Crippen molar-refractivity contribution in [2.45, 2.75) is 32.4 Å². The summed E-state index contributed by atoms with van der Waals surface area (Å²) in [5, 5.41) is 1.19. The predicted octanol–water partition coefficient (Wildman–Crippen LogP) is 3.81. The molecule has 2 N–H and O–H groups in total. The van der Waals surface area contributed by atoms with Gasteiger partial charge in [-0.15, -0.1) is 0 Å². The van der Waals surface area contributed by atoms with Crippen LogP contribution in [-0.4, -0.2) is 45.4 Å². The summed E-state index contributed by atoms with van der Waals surface area (Å²) >= 11 is 0. The summed E-state index contributed by atoms with van der Waals surface area (Å²) in [4.78, 5) is 21.2. The van der Waals surface area contributed by atoms with Gasteiger partial charge >= 0.3 is 0 Å². The van der Waals surface area contributed by atoms with Gasteiger partial charge in [0.1, 0.15) is 5.82 Å². The maximum Gasteiger partial charge on any atom is 0.246 e. The number of rotatable bonds is 6. The lowest BCUT2D eigenvalue weighted by atomic mass is 10.1. The molecule has 1 aliphatic rings. The van der Waals surface area contributed by atoms with E-state index in [1.54, 1.807) is 17.2 Å². The Kier molecular flexibility index (Phi) is 6.37. The number of para-hydroxylation sites is 1. The van der Waals surface area contributed by atoms with Crippen molar-refractivity contribution >= 4 is 28.7 Å². The van der Waals surface area contributed by atoms with Gasteiger partial charge in [0, 0.05) is 49.7 Å². The number of nitrogens with zero attached hydrogens (tertiary/aromatic N) is 4. The third-order valence-corrected chi connectivity index (χ3v) is 6.11. The summed E-state index contributed by atoms with van der Waals surface area (Å²) in [5.74, 6) is 0.529. The van der Waals surface area contributed by atoms with E-state index in [9.17, 15) is 4.79 Å². The number of aryl methyl sites for hydroxylation is 1. The standard InChI is InChI=1S/C25H31N5O/c1-28(18-22-15-20-8-4-5-9-23(20)29(22)2)24(31)11-10-19-14-21(25(26)27-16-19)17-30-12-6-3-7-13-30/h4-5,8-11,14-16H,3,6-7,12-13,17-18H2,1-2H3,(H2,26,27)/b11-10+. The van der Waals surface area contributed by atoms with E-state index in [0.717, 1.165) is 36.5 Å². The lowest BCUT2D eigenvalue weighted by molar-refractivity contribution is -0.125. The number of amides is 1. The van der Waals surface area contributed by atoms with Crippen LogP contribution < -0.4 is 5.73 Å². The minimum Gasteiger partial charge on any atom is -0.383 e. The van der Waals surface area contributed by atoms with Crippen LogP contribution in [0.25, 0.3) is 17.0 Å². The average molecular weight is 418 g/mol. The van der Waals surface area contributed by atoms with Gasteiger partial charge in [-0.1, -0.05) is 24.6 Å². The van der Waals surface area contributed by atoms with Crippen LogP contribution in [0.5, 0.6) is 0 Å². The number of carbonyl (C=O) groups excluding carboxylic acids is 1. The van der Waals surface area contributed by atoms with Crippen LogP contribution in [0.15, 0.2) is 48.7 Å². The summed E-state index contributed by atoms with van der Waals surface area (Å²) in [7, 11) is 3.86. The second kappa shape index (κ2) is 9.35. The fraction of sp³-hybridized carbons (Fsp3) is 0.360. The summed E-state index contributed by atoms with van der Waals surface area (Å²) < 4.78 is 2.14. The molecule has 4 rings (SSSR count). The van der Waals surface area contributed by atoms with Gasteiger partial charge in [0.25, 0.3) is 0 Å². The maximum absolute atomic E-state index is 12.7. The van der Waals surface area contributed by atoms with Crippen molar-refractivity contribution in [3.8, 4) is 0 Å². The highest BCUT2D eigenvalue weighted by molar-refractivity contribution is 5.91. The molecule has 0 saturated carbocycles. The number of likely N-dealkylation sites (tertiary alicyclic amines) is 1. The Hall–Kier alpha value is -3.12. The molecule has 3 heterocycles. The number of likely N-dealkylation sites (N-methyl/N-ethyl adjacent to an activating group) is 1. The molecule has 3 aromatic rings. The number of pyridine rings is 1. The van der Waals surface area contributed by atoms with Gasteiger partial charge in [0.15, 0.2) is 0 Å². The average Bonchev–Trinajstić information content (AvgIpc) is 3.10. The summed E-state index contributed by atoms with van der Waals surface area (Å²) in [6, 6.07) is 12.4. The van der Waals surface area contributed by atoms with E-state index < -0.39 is 0 Å². The lowest BCUT2D eigenvalue weighted by Gasteiger charge is -2.26. The number of carbonyl (C=O) groups is 1. The quantitative estimate of drug-likeness (QED) is 0.619. The van der Waals surface area contributed by atoms with E-state index >= 15 is 0 Å². The summed E-state index contributed by atoms with van der Waals surface area (Å²) in [5.41, 5.74) is 10.3. The number of nitrogen functional groups attached to an aromatic ring is 1. The van der Waals surface area contributed by atoms with E-state index in [1.807, 2.05) is 38.4 Å². The molecule has 1 saturated heterocycles. The molecule has 6 nitrogen and oxygen atoms in total. The molecule has 1 amide bonds. The normalized spacial score (nSPS) is 15.0. The number of nitrogens with two attached hydrogens (primary N) is 1. The van der Waals surface area contributed by atoms with Crippen molar-refractivity contribution in [1.29, 1.82) is 0 Å². The SMILES string of the molecule is CN(Cc1cc2ccccc2n1C)C(=O)/C=C/c1cnc(N)c(CN2CCCCC2)c1. The molecule has 6 heteroatoms. The number of anilines is 1. The first-order valence-corrected chi connectivity index (χ1v) is 10.9. The monoisotopic (exact) mass is 417 g/mol. The fourth-order valence-corrected chi connectivity index (χ4v) is 4.23. The molecule has 0 unspecified atom stereocenters. The predicted molar refractivity (Wildman–Crippen MR) is 126 cm³/mol. The largest absolute Gasteiger partial charge is 0.383 e. The van der Waals surface area contributed by atoms with E-state index in [4.69, 9.17) is 5.73 Å². The molecule has 0 atom stereocenters. The zero-order valence-electron chi connectivity index (χ0n) is 18.4. The first kappa shape index (κ1) is 21.1. The minimum absolute atomic E-state index is 0.0420. The third-order valence-electron chi connectivity index (χ3n) is 6.11. The molecule has 31 heavy (non-hydrogen) atoms. The second-order valence-corrected chi connectivity index (χ2v) is 8.43. The van der Waals surface area contributed by atoms with Gasteiger partial charge in [-0.2, -0.15) is 0 Å². The van der Waals surface area contributed by atoms with Gasteiger partial charge in [0.2, 0.25) is 5.91 Å². The first-order valence-electron chi connectivity index (χ1n) is 10.9. The Morgan fingerprint density at radius 3 is 2.74 bits per heavy atom. The summed E-state index contributed by atoms with van der Waals surface area (Å²) in [6.45, 7) is 3.58. The number of aromatic nitrogens is 2. The van der Waals surface area contributed by atoms with E-state index in [2.05, 4.69) is 32.7 Å². The van der Waals surface area contributed by atoms with Gasteiger partial charge in [-0.3, -0.25) is 9.69 Å². The number of fused-ring (bicyclic) bond motifs is 1. The van der Waals surface area contributed by atoms with Crippen LogP contribution in [0, 0.1) is 0 Å². The Balaban J connectivity index is 1.41. The van der Waals surface area contributed by atoms with Crippen molar-refractivity contribution in [3.63, 3.8) is 0 Å². The minimum atomic E-state index is -0.0420. The Morgan fingerprint density at radius 1 is 1.19 bits per heavy atom. The molecule has 162 valence electrons. The molecule has 1 fully saturated rings. The third kappa shape index (κ3) is 4.97. The Bertz CT molecular complexity index is 1090. The molecule has 2 aromatic heterocycles. The van der Waals surface area contributed by atoms with E-state index in [1.165, 1.54) is 30.2 Å². The maximum atomic E-state index is 12.7. The highest BCUT2D eigenvalue weighted by Crippen LogP contribution is 2.20. The van der Waals surface area contributed by atoms with Crippen molar-refractivity contribution in [3.05, 3.63) is 65.5 Å². The fourth-order valence-electron chi connectivity index (χ4n) is 4.23. The van der Waals surface area contributed by atoms with E-state index in [0.29, 0.717) is 12.4 Å². The van der Waals surface area contributed by atoms with Crippen LogP contribution >= 0.6 is 0 Å². The van der Waals surface area contributed by atoms with Crippen molar-refractivity contribution < 1.29 is 4.79 Å². The molecule has 1 aromatic carbocycles. The number of benzene rings is 1. The first-order chi connectivity index (χ1) is 15.0. The van der Waals surface area contributed by atoms with Gasteiger partial charge in [-0.05, 0) is 61.2 Å². The van der Waals surface area contributed by atoms with Crippen LogP contribution in [0.2, 0.25) is 0 Å². The number of piperidine rings is 1. The van der Waals surface area contributed by atoms with Gasteiger partial charge < -0.3 is 15.2 Å². The molecule has 0 aliphatic carbocycles. The van der Waals surface area contributed by atoms with Crippen LogP contribution in [0.3, 0.4) is 0 Å². The van der Waals surface area contributed by atoms with Crippen molar-refractivity contribution in [1.82, 2.24) is 19.4 Å². The van der Waals surface area contributed by atoms with Crippen molar-refractivity contribution in [2.24, 2.45) is 7.05 Å². The zero-order chi connectivity index (χ0) is 21.8. The Morgan fingerprint density at radius 2 is 1.97 bits per heavy atom. The molecule has 0 bridgehead atoms. The van der Waals surface area contributed by atoms with Gasteiger partial charge in [0.05, 0.1) is 6.54 Å². The second-order valence-electron chi connectivity index (χ2n) is 8.43. The topological polar surface area (TPSA) is 67.4 Å². The van der Waals surface area contributed by atoms with E-state index in [-0.39, 0.29) is 5.91 Å². The lowest BCUT2D eigenvalue weighted by Crippen LogP contribution is -2.29. The molecule has 1 aliphatic heterocycles. The van der Waals surface area contributed by atoms with Gasteiger partial charge in [-0.25, -0.2) is 4.98 Å². The zero-order valence-corrected chi connectivity index (χ0v) is 18.4. The molecule has 0 radical (unpaired) electrons. The van der Waals surface area contributed by atoms with Crippen LogP contribution in [0.1, 0.15) is 36.1 Å². The summed E-state index contributed by atoms with van der Waals surface area (Å²) in [6.07, 6.45) is 8.95. The smallest absolute Gasteiger partial charge is 0.246 e. The molecule has 0 spiro atoms. The number of hydrogen-bond donors (Lipinski definition) is 1. The molecular formula is C25H31N5O.